The summed E-state index contributed by atoms with van der Waals surface area (Å²) in [6.07, 6.45) is 3.29. The van der Waals surface area contributed by atoms with Gasteiger partial charge in [0.25, 0.3) is 0 Å². The van der Waals surface area contributed by atoms with Gasteiger partial charge in [0.05, 0.1) is 27.0 Å². The Morgan fingerprint density at radius 2 is 1.83 bits per heavy atom. The number of carbonyl (C=O) groups is 1. The summed E-state index contributed by atoms with van der Waals surface area (Å²) in [7, 11) is 4.48. The minimum Gasteiger partial charge on any atom is -0.493 e. The molecule has 0 radical (unpaired) electrons. The van der Waals surface area contributed by atoms with Gasteiger partial charge in [-0.3, -0.25) is 4.79 Å². The Morgan fingerprint density at radius 3 is 2.28 bits per heavy atom. The van der Waals surface area contributed by atoms with Crippen molar-refractivity contribution in [2.24, 2.45) is 0 Å². The summed E-state index contributed by atoms with van der Waals surface area (Å²) in [4.78, 5) is 11.5. The van der Waals surface area contributed by atoms with E-state index in [1.165, 1.54) is 28.3 Å². The average Bonchev–Trinajstić information content (AvgIpc) is 2.32. The van der Waals surface area contributed by atoms with Crippen LogP contribution in [0.5, 0.6) is 0 Å². The molecule has 18 heavy (non-hydrogen) atoms. The lowest BCUT2D eigenvalue weighted by Crippen LogP contribution is -2.23. The molecule has 0 aromatic carbocycles. The van der Waals surface area contributed by atoms with Crippen molar-refractivity contribution < 1.29 is 19.0 Å². The van der Waals surface area contributed by atoms with Crippen molar-refractivity contribution in [1.29, 1.82) is 0 Å². The molecule has 5 nitrogen and oxygen atoms in total. The summed E-state index contributed by atoms with van der Waals surface area (Å²) in [6, 6.07) is 0. The molecular formula is C13H17NO4. The van der Waals surface area contributed by atoms with Gasteiger partial charge in [0.15, 0.2) is 11.5 Å². The highest BCUT2D eigenvalue weighted by atomic mass is 16.5. The highest BCUT2D eigenvalue weighted by Gasteiger charge is 2.19. The second-order valence-electron chi connectivity index (χ2n) is 3.59. The van der Waals surface area contributed by atoms with Crippen LogP contribution in [0.4, 0.5) is 0 Å². The van der Waals surface area contributed by atoms with Crippen molar-refractivity contribution in [3.63, 3.8) is 0 Å². The largest absolute Gasteiger partial charge is 0.493 e. The van der Waals surface area contributed by atoms with Crippen LogP contribution in [-0.2, 0) is 19.0 Å². The van der Waals surface area contributed by atoms with E-state index in [2.05, 4.69) is 11.9 Å². The van der Waals surface area contributed by atoms with Crippen molar-refractivity contribution in [3.05, 3.63) is 47.4 Å². The van der Waals surface area contributed by atoms with Crippen molar-refractivity contribution in [1.82, 2.24) is 5.32 Å². The lowest BCUT2D eigenvalue weighted by molar-refractivity contribution is -0.114. The van der Waals surface area contributed by atoms with Crippen LogP contribution in [0.3, 0.4) is 0 Å². The first kappa shape index (κ1) is 13.9. The molecule has 0 atom stereocenters. The van der Waals surface area contributed by atoms with Gasteiger partial charge in [0.2, 0.25) is 11.6 Å². The lowest BCUT2D eigenvalue weighted by atomic mass is 10.1. The van der Waals surface area contributed by atoms with Crippen LogP contribution < -0.4 is 5.32 Å². The fraction of sp³-hybridized carbons (Fsp3) is 0.308. The first-order valence-corrected chi connectivity index (χ1v) is 5.30. The normalized spacial score (nSPS) is 25.7. The van der Waals surface area contributed by atoms with Crippen LogP contribution >= 0.6 is 0 Å². The second kappa shape index (κ2) is 5.95. The van der Waals surface area contributed by atoms with E-state index >= 15 is 0 Å². The third kappa shape index (κ3) is 2.94. The average molecular weight is 251 g/mol. The number of hydrogen-bond acceptors (Lipinski definition) is 5. The highest BCUT2D eigenvalue weighted by molar-refractivity contribution is 5.93. The summed E-state index contributed by atoms with van der Waals surface area (Å²) >= 11 is 0. The highest BCUT2D eigenvalue weighted by Crippen LogP contribution is 2.21. The second-order valence-corrected chi connectivity index (χ2v) is 3.59. The van der Waals surface area contributed by atoms with Gasteiger partial charge in [-0.15, -0.1) is 0 Å². The predicted octanol–water partition coefficient (Wildman–Crippen LogP) is 1.61. The van der Waals surface area contributed by atoms with Crippen LogP contribution in [0.2, 0.25) is 0 Å². The first-order valence-electron chi connectivity index (χ1n) is 5.30. The van der Waals surface area contributed by atoms with E-state index in [9.17, 15) is 4.79 Å². The number of methoxy groups -OCH3 is 3. The summed E-state index contributed by atoms with van der Waals surface area (Å²) in [5, 5.41) is 2.86. The van der Waals surface area contributed by atoms with Crippen molar-refractivity contribution in [2.45, 2.75) is 6.92 Å². The van der Waals surface area contributed by atoms with Crippen LogP contribution in [-0.4, -0.2) is 27.1 Å². The fourth-order valence-electron chi connectivity index (χ4n) is 1.47. The molecule has 1 N–H and O–H groups in total. The molecule has 1 rings (SSSR count). The molecule has 0 fully saturated rings. The molecule has 0 aromatic heterocycles. The quantitative estimate of drug-likeness (QED) is 0.822. The van der Waals surface area contributed by atoms with Crippen LogP contribution in [0.25, 0.3) is 0 Å². The number of ether oxygens (including phenoxy) is 3. The Hall–Kier alpha value is -2.17. The summed E-state index contributed by atoms with van der Waals surface area (Å²) in [5.41, 5.74) is 0.993. The molecular weight excluding hydrogens is 234 g/mol. The minimum atomic E-state index is -0.129. The monoisotopic (exact) mass is 251 g/mol. The van der Waals surface area contributed by atoms with Crippen molar-refractivity contribution in [2.75, 3.05) is 21.3 Å². The first-order chi connectivity index (χ1) is 8.53. The molecule has 0 saturated heterocycles. The maximum atomic E-state index is 11.5. The van der Waals surface area contributed by atoms with Crippen LogP contribution in [0.1, 0.15) is 6.92 Å². The van der Waals surface area contributed by atoms with E-state index in [-0.39, 0.29) is 5.78 Å². The molecule has 5 heteroatoms. The Bertz CT molecular complexity index is 458. The summed E-state index contributed by atoms with van der Waals surface area (Å²) in [6.45, 7) is 5.28. The van der Waals surface area contributed by atoms with Gasteiger partial charge in [-0.1, -0.05) is 6.58 Å². The van der Waals surface area contributed by atoms with Gasteiger partial charge in [-0.2, -0.15) is 0 Å². The van der Waals surface area contributed by atoms with E-state index in [1.54, 1.807) is 12.2 Å². The maximum absolute atomic E-state index is 11.5. The van der Waals surface area contributed by atoms with E-state index in [4.69, 9.17) is 14.2 Å². The Kier molecular flexibility index (Phi) is 4.59. The third-order valence-electron chi connectivity index (χ3n) is 2.33. The van der Waals surface area contributed by atoms with E-state index in [1.807, 2.05) is 0 Å². The fourth-order valence-corrected chi connectivity index (χ4v) is 1.47. The number of Topliss-reactive ketones (excluding diaryl/α,β-unsaturated/α-hetero) is 1. The Labute approximate surface area is 106 Å². The maximum Gasteiger partial charge on any atom is 0.238 e. The lowest BCUT2D eigenvalue weighted by Gasteiger charge is -2.19. The molecule has 0 bridgehead atoms. The molecule has 0 aliphatic carbocycles. The molecule has 98 valence electrons. The SMILES string of the molecule is C=C1/C=C(/C(C)=O)N/C(OC)=C(OC)\C(OC)=C/1. The number of ketones is 1. The Balaban J connectivity index is 3.37. The van der Waals surface area contributed by atoms with E-state index in [0.717, 1.165) is 0 Å². The van der Waals surface area contributed by atoms with E-state index < -0.39 is 0 Å². The molecule has 1 aliphatic rings. The van der Waals surface area contributed by atoms with Gasteiger partial charge in [-0.05, 0) is 17.7 Å². The summed E-state index contributed by atoms with van der Waals surface area (Å²) < 4.78 is 15.6. The van der Waals surface area contributed by atoms with Crippen molar-refractivity contribution >= 4 is 5.78 Å². The van der Waals surface area contributed by atoms with Crippen LogP contribution in [0.15, 0.2) is 47.4 Å². The molecule has 0 aromatic rings. The zero-order chi connectivity index (χ0) is 13.7. The van der Waals surface area contributed by atoms with Gasteiger partial charge in [0, 0.05) is 6.92 Å². The Morgan fingerprint density at radius 1 is 1.17 bits per heavy atom. The molecule has 0 unspecified atom stereocenters. The number of rotatable bonds is 4. The van der Waals surface area contributed by atoms with Gasteiger partial charge in [0.1, 0.15) is 0 Å². The number of hydrogen-bond donors (Lipinski definition) is 1. The molecule has 1 aliphatic heterocycles. The van der Waals surface area contributed by atoms with E-state index in [0.29, 0.717) is 28.7 Å². The zero-order valence-electron chi connectivity index (χ0n) is 11.0. The number of allylic oxidation sites excluding steroid dienone is 4. The third-order valence-corrected chi connectivity index (χ3v) is 2.33. The predicted molar refractivity (Wildman–Crippen MR) is 67.2 cm³/mol. The molecule has 0 amide bonds. The van der Waals surface area contributed by atoms with Crippen molar-refractivity contribution in [3.8, 4) is 0 Å². The van der Waals surface area contributed by atoms with Gasteiger partial charge >= 0.3 is 0 Å². The van der Waals surface area contributed by atoms with Crippen LogP contribution in [0, 0.1) is 0 Å². The molecule has 1 heterocycles. The molecule has 0 spiro atoms. The number of nitrogens with one attached hydrogen (secondary N) is 1. The summed E-state index contributed by atoms with van der Waals surface area (Å²) in [5.74, 6) is 1.01. The van der Waals surface area contributed by atoms with Gasteiger partial charge < -0.3 is 19.5 Å². The number of carbonyl (C=O) groups excluding carboxylic acids is 1. The minimum absolute atomic E-state index is 0.129. The zero-order valence-corrected chi connectivity index (χ0v) is 11.0. The standard InChI is InChI=1S/C13H17NO4/c1-8-6-10(9(2)15)14-13(18-5)12(17-4)11(7-8)16-3/h6-7,14H,1H2,2-5H3/b10-6-,11-7+,13-12-. The smallest absolute Gasteiger partial charge is 0.238 e. The topological polar surface area (TPSA) is 56.8 Å². The van der Waals surface area contributed by atoms with Gasteiger partial charge in [-0.25, -0.2) is 0 Å². The molecule has 0 saturated carbocycles.